The Morgan fingerprint density at radius 1 is 1.20 bits per heavy atom. The van der Waals surface area contributed by atoms with Gasteiger partial charge in [-0.15, -0.1) is 0 Å². The molecule has 20 heavy (non-hydrogen) atoms. The van der Waals surface area contributed by atoms with Crippen LogP contribution in [0.3, 0.4) is 0 Å². The Hall–Kier alpha value is -1.43. The lowest BCUT2D eigenvalue weighted by atomic mass is 9.76. The minimum atomic E-state index is -4.35. The Morgan fingerprint density at radius 3 is 2.50 bits per heavy atom. The molecule has 1 saturated heterocycles. The van der Waals surface area contributed by atoms with Crippen LogP contribution in [-0.4, -0.2) is 25.2 Å². The molecule has 0 radical (unpaired) electrons. The van der Waals surface area contributed by atoms with Crippen molar-refractivity contribution in [3.8, 4) is 11.5 Å². The fraction of sp³-hybridized carbons (Fsp3) is 0.571. The third-order valence-electron chi connectivity index (χ3n) is 3.86. The highest BCUT2D eigenvalue weighted by molar-refractivity contribution is 5.51. The van der Waals surface area contributed by atoms with E-state index < -0.39 is 17.2 Å². The van der Waals surface area contributed by atoms with Crippen molar-refractivity contribution in [3.63, 3.8) is 0 Å². The third kappa shape index (κ3) is 2.02. The first-order valence-corrected chi connectivity index (χ1v) is 6.35. The van der Waals surface area contributed by atoms with E-state index in [1.807, 2.05) is 0 Å². The highest BCUT2D eigenvalue weighted by Gasteiger charge is 2.67. The van der Waals surface area contributed by atoms with E-state index in [-0.39, 0.29) is 19.8 Å². The Labute approximate surface area is 114 Å². The Morgan fingerprint density at radius 2 is 1.90 bits per heavy atom. The maximum atomic E-state index is 13.0. The molecule has 2 aliphatic rings. The van der Waals surface area contributed by atoms with Crippen LogP contribution in [0.1, 0.15) is 25.8 Å². The molecule has 1 atom stereocenters. The van der Waals surface area contributed by atoms with Crippen LogP contribution in [0.25, 0.3) is 0 Å². The standard InChI is InChI=1S/C14H15F3O3/c1-12(2,6-13(7-20-13)14(15,16)17)9-4-3-5-10-11(9)19-8-18-10/h3-5H,6-8H2,1-2H3. The molecule has 0 N–H and O–H groups in total. The van der Waals surface area contributed by atoms with Gasteiger partial charge in [0.1, 0.15) is 0 Å². The molecule has 1 fully saturated rings. The normalized spacial score (nSPS) is 24.9. The number of ether oxygens (including phenoxy) is 3. The molecular formula is C14H15F3O3. The minimum absolute atomic E-state index is 0.101. The van der Waals surface area contributed by atoms with E-state index in [2.05, 4.69) is 0 Å². The van der Waals surface area contributed by atoms with Crippen molar-refractivity contribution in [1.82, 2.24) is 0 Å². The second-order valence-electron chi connectivity index (χ2n) is 5.88. The van der Waals surface area contributed by atoms with E-state index in [9.17, 15) is 13.2 Å². The molecule has 1 aromatic rings. The molecule has 1 aromatic carbocycles. The van der Waals surface area contributed by atoms with Crippen LogP contribution in [0.5, 0.6) is 11.5 Å². The zero-order valence-electron chi connectivity index (χ0n) is 11.2. The van der Waals surface area contributed by atoms with Gasteiger partial charge in [-0.2, -0.15) is 13.2 Å². The highest BCUT2D eigenvalue weighted by atomic mass is 19.4. The van der Waals surface area contributed by atoms with Crippen LogP contribution < -0.4 is 9.47 Å². The van der Waals surface area contributed by atoms with Crippen molar-refractivity contribution >= 4 is 0 Å². The highest BCUT2D eigenvalue weighted by Crippen LogP contribution is 2.53. The van der Waals surface area contributed by atoms with Gasteiger partial charge in [-0.1, -0.05) is 26.0 Å². The Balaban J connectivity index is 1.92. The lowest BCUT2D eigenvalue weighted by Crippen LogP contribution is -2.39. The molecule has 0 saturated carbocycles. The SMILES string of the molecule is CC(C)(CC1(C(F)(F)F)CO1)c1cccc2c1OCO2. The number of para-hydroxylation sites is 1. The van der Waals surface area contributed by atoms with Gasteiger partial charge in [-0.05, 0) is 17.9 Å². The summed E-state index contributed by atoms with van der Waals surface area (Å²) in [7, 11) is 0. The summed E-state index contributed by atoms with van der Waals surface area (Å²) in [4.78, 5) is 0. The predicted molar refractivity (Wildman–Crippen MR) is 64.9 cm³/mol. The van der Waals surface area contributed by atoms with E-state index in [0.717, 1.165) is 0 Å². The molecule has 0 bridgehead atoms. The van der Waals surface area contributed by atoms with Crippen LogP contribution in [0.2, 0.25) is 0 Å². The first-order valence-electron chi connectivity index (χ1n) is 6.35. The quantitative estimate of drug-likeness (QED) is 0.799. The molecule has 0 aromatic heterocycles. The van der Waals surface area contributed by atoms with E-state index in [4.69, 9.17) is 14.2 Å². The average molecular weight is 288 g/mol. The summed E-state index contributed by atoms with van der Waals surface area (Å²) in [6.07, 6.45) is -4.48. The van der Waals surface area contributed by atoms with Gasteiger partial charge in [-0.25, -0.2) is 0 Å². The zero-order chi connectivity index (χ0) is 14.6. The van der Waals surface area contributed by atoms with Crippen molar-refractivity contribution < 1.29 is 27.4 Å². The summed E-state index contributed by atoms with van der Waals surface area (Å²) >= 11 is 0. The molecule has 3 rings (SSSR count). The second kappa shape index (κ2) is 4.04. The average Bonchev–Trinajstić information content (AvgIpc) is 2.97. The molecule has 2 aliphatic heterocycles. The molecular weight excluding hydrogens is 273 g/mol. The number of fused-ring (bicyclic) bond motifs is 1. The van der Waals surface area contributed by atoms with Gasteiger partial charge in [0, 0.05) is 5.56 Å². The summed E-state index contributed by atoms with van der Waals surface area (Å²) in [5.74, 6) is 1.11. The maximum absolute atomic E-state index is 13.0. The second-order valence-corrected chi connectivity index (χ2v) is 5.88. The van der Waals surface area contributed by atoms with Crippen molar-refractivity contribution in [2.24, 2.45) is 0 Å². The van der Waals surface area contributed by atoms with E-state index >= 15 is 0 Å². The minimum Gasteiger partial charge on any atom is -0.454 e. The predicted octanol–water partition coefficient (Wildman–Crippen LogP) is 3.41. The third-order valence-corrected chi connectivity index (χ3v) is 3.86. The van der Waals surface area contributed by atoms with Crippen LogP contribution in [-0.2, 0) is 10.2 Å². The van der Waals surface area contributed by atoms with Crippen LogP contribution in [0.4, 0.5) is 13.2 Å². The number of hydrogen-bond donors (Lipinski definition) is 0. The van der Waals surface area contributed by atoms with Gasteiger partial charge >= 0.3 is 6.18 Å². The zero-order valence-corrected chi connectivity index (χ0v) is 11.2. The van der Waals surface area contributed by atoms with E-state index in [1.54, 1.807) is 32.0 Å². The van der Waals surface area contributed by atoms with Crippen molar-refractivity contribution in [3.05, 3.63) is 23.8 Å². The summed E-state index contributed by atoms with van der Waals surface area (Å²) < 4.78 is 54.5. The lowest BCUT2D eigenvalue weighted by Gasteiger charge is -2.30. The number of alkyl halides is 3. The summed E-state index contributed by atoms with van der Waals surface area (Å²) in [5, 5.41) is 0. The van der Waals surface area contributed by atoms with Crippen LogP contribution >= 0.6 is 0 Å². The van der Waals surface area contributed by atoms with Crippen molar-refractivity contribution in [2.75, 3.05) is 13.4 Å². The monoisotopic (exact) mass is 288 g/mol. The first-order chi connectivity index (χ1) is 9.25. The summed E-state index contributed by atoms with van der Waals surface area (Å²) in [6, 6.07) is 5.29. The van der Waals surface area contributed by atoms with Gasteiger partial charge in [0.15, 0.2) is 17.1 Å². The fourth-order valence-electron chi connectivity index (χ4n) is 2.73. The fourth-order valence-corrected chi connectivity index (χ4v) is 2.73. The lowest BCUT2D eigenvalue weighted by molar-refractivity contribution is -0.188. The van der Waals surface area contributed by atoms with Gasteiger partial charge in [0.25, 0.3) is 0 Å². The van der Waals surface area contributed by atoms with Crippen LogP contribution in [0, 0.1) is 0 Å². The number of benzene rings is 1. The van der Waals surface area contributed by atoms with Gasteiger partial charge in [0.2, 0.25) is 6.79 Å². The molecule has 2 heterocycles. The van der Waals surface area contributed by atoms with Crippen LogP contribution in [0.15, 0.2) is 18.2 Å². The Bertz CT molecular complexity index is 533. The summed E-state index contributed by atoms with van der Waals surface area (Å²) in [5.41, 5.74) is -2.03. The number of hydrogen-bond acceptors (Lipinski definition) is 3. The van der Waals surface area contributed by atoms with Crippen molar-refractivity contribution in [1.29, 1.82) is 0 Å². The maximum Gasteiger partial charge on any atom is 0.419 e. The van der Waals surface area contributed by atoms with Gasteiger partial charge in [-0.3, -0.25) is 0 Å². The van der Waals surface area contributed by atoms with Gasteiger partial charge in [0.05, 0.1) is 6.61 Å². The van der Waals surface area contributed by atoms with E-state index in [0.29, 0.717) is 17.1 Å². The van der Waals surface area contributed by atoms with E-state index in [1.165, 1.54) is 0 Å². The molecule has 0 amide bonds. The smallest absolute Gasteiger partial charge is 0.419 e. The number of epoxide rings is 1. The summed E-state index contributed by atoms with van der Waals surface area (Å²) in [6.45, 7) is 3.36. The topological polar surface area (TPSA) is 31.0 Å². The number of rotatable bonds is 3. The number of halogens is 3. The molecule has 0 spiro atoms. The molecule has 1 unspecified atom stereocenters. The Kier molecular flexibility index (Phi) is 2.73. The van der Waals surface area contributed by atoms with Crippen molar-refractivity contribution in [2.45, 2.75) is 37.5 Å². The van der Waals surface area contributed by atoms with Gasteiger partial charge < -0.3 is 14.2 Å². The largest absolute Gasteiger partial charge is 0.454 e. The molecule has 0 aliphatic carbocycles. The first kappa shape index (κ1) is 13.5. The molecule has 110 valence electrons. The molecule has 3 nitrogen and oxygen atoms in total. The molecule has 6 heteroatoms.